The SMILES string of the molecule is NNc1cccc(C(=O)N2CCOC(CO)C2)n1. The molecule has 0 spiro atoms. The van der Waals surface area contributed by atoms with E-state index in [0.29, 0.717) is 31.2 Å². The summed E-state index contributed by atoms with van der Waals surface area (Å²) in [5.41, 5.74) is 2.72. The molecule has 1 aromatic heterocycles. The second-order valence-corrected chi connectivity index (χ2v) is 3.98. The molecule has 1 aliphatic rings. The Hall–Kier alpha value is -1.70. The van der Waals surface area contributed by atoms with Crippen LogP contribution in [0.15, 0.2) is 18.2 Å². The molecular formula is C11H16N4O3. The van der Waals surface area contributed by atoms with Crippen LogP contribution in [0.25, 0.3) is 0 Å². The number of nitrogens with two attached hydrogens (primary N) is 1. The van der Waals surface area contributed by atoms with Gasteiger partial charge in [-0.3, -0.25) is 4.79 Å². The van der Waals surface area contributed by atoms with Crippen molar-refractivity contribution < 1.29 is 14.6 Å². The monoisotopic (exact) mass is 252 g/mol. The molecular weight excluding hydrogens is 236 g/mol. The Morgan fingerprint density at radius 2 is 2.50 bits per heavy atom. The first-order valence-electron chi connectivity index (χ1n) is 5.70. The number of hydrogen-bond acceptors (Lipinski definition) is 6. The lowest BCUT2D eigenvalue weighted by molar-refractivity contribution is -0.0448. The van der Waals surface area contributed by atoms with E-state index in [4.69, 9.17) is 15.7 Å². The third kappa shape index (κ3) is 2.76. The van der Waals surface area contributed by atoms with Crippen molar-refractivity contribution in [3.63, 3.8) is 0 Å². The van der Waals surface area contributed by atoms with E-state index in [1.54, 1.807) is 23.1 Å². The number of carbonyl (C=O) groups is 1. The molecule has 0 aliphatic carbocycles. The molecule has 1 aliphatic heterocycles. The van der Waals surface area contributed by atoms with Crippen LogP contribution >= 0.6 is 0 Å². The lowest BCUT2D eigenvalue weighted by atomic mass is 10.2. The van der Waals surface area contributed by atoms with E-state index < -0.39 is 0 Å². The quantitative estimate of drug-likeness (QED) is 0.481. The first-order valence-corrected chi connectivity index (χ1v) is 5.70. The van der Waals surface area contributed by atoms with Gasteiger partial charge in [0.25, 0.3) is 5.91 Å². The van der Waals surface area contributed by atoms with Crippen molar-refractivity contribution in [2.45, 2.75) is 6.10 Å². The van der Waals surface area contributed by atoms with Gasteiger partial charge in [0.2, 0.25) is 0 Å². The van der Waals surface area contributed by atoms with Crippen molar-refractivity contribution in [3.05, 3.63) is 23.9 Å². The smallest absolute Gasteiger partial charge is 0.272 e. The number of aliphatic hydroxyl groups is 1. The van der Waals surface area contributed by atoms with Crippen LogP contribution in [-0.2, 0) is 4.74 Å². The van der Waals surface area contributed by atoms with Crippen LogP contribution in [0.4, 0.5) is 5.82 Å². The Bertz CT molecular complexity index is 427. The summed E-state index contributed by atoms with van der Waals surface area (Å²) in [6.07, 6.45) is -0.321. The summed E-state index contributed by atoms with van der Waals surface area (Å²) in [4.78, 5) is 17.9. The number of amides is 1. The number of aliphatic hydroxyl groups excluding tert-OH is 1. The topological polar surface area (TPSA) is 101 Å². The largest absolute Gasteiger partial charge is 0.394 e. The zero-order valence-corrected chi connectivity index (χ0v) is 9.87. The highest BCUT2D eigenvalue weighted by Gasteiger charge is 2.25. The number of carbonyl (C=O) groups excluding carboxylic acids is 1. The molecule has 2 rings (SSSR count). The van der Waals surface area contributed by atoms with Crippen LogP contribution in [0.5, 0.6) is 0 Å². The number of hydrazine groups is 1. The Kier molecular flexibility index (Phi) is 4.08. The number of hydrogen-bond donors (Lipinski definition) is 3. The van der Waals surface area contributed by atoms with Gasteiger partial charge in [-0.15, -0.1) is 0 Å². The highest BCUT2D eigenvalue weighted by atomic mass is 16.5. The van der Waals surface area contributed by atoms with Crippen LogP contribution in [0.2, 0.25) is 0 Å². The average molecular weight is 252 g/mol. The molecule has 1 fully saturated rings. The minimum absolute atomic E-state index is 0.0956. The van der Waals surface area contributed by atoms with E-state index in [0.717, 1.165) is 0 Å². The van der Waals surface area contributed by atoms with E-state index in [1.807, 2.05) is 0 Å². The third-order valence-corrected chi connectivity index (χ3v) is 2.75. The summed E-state index contributed by atoms with van der Waals surface area (Å²) in [6.45, 7) is 1.20. The number of aromatic nitrogens is 1. The maximum Gasteiger partial charge on any atom is 0.272 e. The van der Waals surface area contributed by atoms with Crippen LogP contribution in [0, 0.1) is 0 Å². The molecule has 7 heteroatoms. The fraction of sp³-hybridized carbons (Fsp3) is 0.455. The number of pyridine rings is 1. The molecule has 0 saturated carbocycles. The normalized spacial score (nSPS) is 19.7. The number of ether oxygens (including phenoxy) is 1. The van der Waals surface area contributed by atoms with Gasteiger partial charge in [0.15, 0.2) is 0 Å². The predicted molar refractivity (Wildman–Crippen MR) is 64.8 cm³/mol. The van der Waals surface area contributed by atoms with Crippen molar-refractivity contribution in [2.24, 2.45) is 5.84 Å². The summed E-state index contributed by atoms with van der Waals surface area (Å²) < 4.78 is 5.29. The molecule has 1 unspecified atom stereocenters. The molecule has 98 valence electrons. The fourth-order valence-electron chi connectivity index (χ4n) is 1.81. The number of morpholine rings is 1. The fourth-order valence-corrected chi connectivity index (χ4v) is 1.81. The lowest BCUT2D eigenvalue weighted by Gasteiger charge is -2.31. The summed E-state index contributed by atoms with van der Waals surface area (Å²) in [5.74, 6) is 5.50. The molecule has 1 amide bonds. The van der Waals surface area contributed by atoms with Crippen LogP contribution < -0.4 is 11.3 Å². The number of nitrogens with one attached hydrogen (secondary N) is 1. The Morgan fingerprint density at radius 1 is 1.67 bits per heavy atom. The average Bonchev–Trinajstić information content (AvgIpc) is 2.46. The highest BCUT2D eigenvalue weighted by molar-refractivity contribution is 5.92. The summed E-state index contributed by atoms with van der Waals surface area (Å²) in [5, 5.41) is 9.04. The van der Waals surface area contributed by atoms with Crippen molar-refractivity contribution in [1.29, 1.82) is 0 Å². The zero-order valence-electron chi connectivity index (χ0n) is 9.87. The Balaban J connectivity index is 2.10. The van der Waals surface area contributed by atoms with Gasteiger partial charge in [-0.1, -0.05) is 6.07 Å². The minimum atomic E-state index is -0.321. The number of nitrogen functional groups attached to an aromatic ring is 1. The van der Waals surface area contributed by atoms with Gasteiger partial charge in [-0.05, 0) is 12.1 Å². The molecule has 18 heavy (non-hydrogen) atoms. The standard InChI is InChI=1S/C11H16N4O3/c12-14-10-3-1-2-9(13-10)11(17)15-4-5-18-8(6-15)7-16/h1-3,8,16H,4-7,12H2,(H,13,14). The molecule has 0 aromatic carbocycles. The van der Waals surface area contributed by atoms with Gasteiger partial charge in [0.1, 0.15) is 11.5 Å². The lowest BCUT2D eigenvalue weighted by Crippen LogP contribution is -2.47. The number of nitrogens with zero attached hydrogens (tertiary/aromatic N) is 2. The molecule has 1 aromatic rings. The highest BCUT2D eigenvalue weighted by Crippen LogP contribution is 2.10. The van der Waals surface area contributed by atoms with Gasteiger partial charge < -0.3 is 20.2 Å². The van der Waals surface area contributed by atoms with Crippen molar-refractivity contribution in [2.75, 3.05) is 31.7 Å². The molecule has 1 atom stereocenters. The number of rotatable bonds is 3. The van der Waals surface area contributed by atoms with Gasteiger partial charge in [-0.25, -0.2) is 10.8 Å². The molecule has 7 nitrogen and oxygen atoms in total. The van der Waals surface area contributed by atoms with Crippen LogP contribution in [0.3, 0.4) is 0 Å². The van der Waals surface area contributed by atoms with E-state index >= 15 is 0 Å². The van der Waals surface area contributed by atoms with Gasteiger partial charge in [0, 0.05) is 13.1 Å². The van der Waals surface area contributed by atoms with Crippen LogP contribution in [-0.4, -0.2) is 53.3 Å². The van der Waals surface area contributed by atoms with Crippen molar-refractivity contribution >= 4 is 11.7 Å². The molecule has 0 radical (unpaired) electrons. The molecule has 2 heterocycles. The number of anilines is 1. The summed E-state index contributed by atoms with van der Waals surface area (Å²) >= 11 is 0. The predicted octanol–water partition coefficient (Wildman–Crippen LogP) is -0.800. The second kappa shape index (κ2) is 5.76. The van der Waals surface area contributed by atoms with Crippen LogP contribution in [0.1, 0.15) is 10.5 Å². The van der Waals surface area contributed by atoms with Gasteiger partial charge in [-0.2, -0.15) is 0 Å². The molecule has 0 bridgehead atoms. The van der Waals surface area contributed by atoms with E-state index in [1.165, 1.54) is 0 Å². The Labute approximate surface area is 105 Å². The van der Waals surface area contributed by atoms with E-state index in [2.05, 4.69) is 10.4 Å². The maximum absolute atomic E-state index is 12.2. The molecule has 1 saturated heterocycles. The van der Waals surface area contributed by atoms with Gasteiger partial charge in [0.05, 0.1) is 19.3 Å². The summed E-state index contributed by atoms with van der Waals surface area (Å²) in [7, 11) is 0. The van der Waals surface area contributed by atoms with Gasteiger partial charge >= 0.3 is 0 Å². The van der Waals surface area contributed by atoms with Crippen molar-refractivity contribution in [1.82, 2.24) is 9.88 Å². The third-order valence-electron chi connectivity index (χ3n) is 2.75. The minimum Gasteiger partial charge on any atom is -0.394 e. The van der Waals surface area contributed by atoms with E-state index in [9.17, 15) is 4.79 Å². The molecule has 4 N–H and O–H groups in total. The first-order chi connectivity index (χ1) is 8.74. The Morgan fingerprint density at radius 3 is 3.22 bits per heavy atom. The van der Waals surface area contributed by atoms with Crippen molar-refractivity contribution in [3.8, 4) is 0 Å². The maximum atomic E-state index is 12.2. The zero-order chi connectivity index (χ0) is 13.0. The first kappa shape index (κ1) is 12.7. The van der Waals surface area contributed by atoms with E-state index in [-0.39, 0.29) is 18.6 Å². The second-order valence-electron chi connectivity index (χ2n) is 3.98. The summed E-state index contributed by atoms with van der Waals surface area (Å²) in [6, 6.07) is 5.01.